The first-order chi connectivity index (χ1) is 12.9. The van der Waals surface area contributed by atoms with Gasteiger partial charge in [0.1, 0.15) is 12.3 Å². The molecule has 0 aliphatic carbocycles. The molecule has 0 radical (unpaired) electrons. The minimum atomic E-state index is -4.16. The highest BCUT2D eigenvalue weighted by molar-refractivity contribution is 7.93. The van der Waals surface area contributed by atoms with Crippen LogP contribution in [0.4, 0.5) is 5.69 Å². The van der Waals surface area contributed by atoms with Crippen LogP contribution in [0.3, 0.4) is 0 Å². The Balaban J connectivity index is 2.27. The molecular formula is C20H17NO5S. The minimum Gasteiger partial charge on any atom is -0.481 e. The number of aliphatic carboxylic acids is 1. The predicted octanol–water partition coefficient (Wildman–Crippen LogP) is 3.08. The lowest BCUT2D eigenvalue weighted by Crippen LogP contribution is -2.43. The smallest absolute Gasteiger partial charge is 0.305 e. The van der Waals surface area contributed by atoms with Crippen molar-refractivity contribution in [3.8, 4) is 0 Å². The monoisotopic (exact) mass is 383 g/mol. The van der Waals surface area contributed by atoms with Crippen LogP contribution in [-0.4, -0.2) is 31.8 Å². The molecule has 6 nitrogen and oxygen atoms in total. The second-order valence-corrected chi connectivity index (χ2v) is 7.73. The van der Waals surface area contributed by atoms with E-state index in [1.807, 2.05) is 18.2 Å². The van der Waals surface area contributed by atoms with Crippen LogP contribution in [0.2, 0.25) is 0 Å². The standard InChI is InChI=1S/C20H17NO5S/c22-14-16(13-20(23)24)21(27(25,26)17-9-2-1-3-10-17)19-12-6-8-15-7-4-5-11-18(15)19/h1-12,14,16H,13H2,(H,23,24). The molecule has 0 aromatic heterocycles. The number of aldehydes is 1. The number of benzene rings is 3. The number of carbonyl (C=O) groups excluding carboxylic acids is 1. The van der Waals surface area contributed by atoms with E-state index in [1.54, 1.807) is 42.5 Å². The first kappa shape index (κ1) is 18.6. The van der Waals surface area contributed by atoms with Gasteiger partial charge < -0.3 is 9.90 Å². The van der Waals surface area contributed by atoms with Gasteiger partial charge >= 0.3 is 5.97 Å². The highest BCUT2D eigenvalue weighted by atomic mass is 32.2. The Morgan fingerprint density at radius 1 is 0.963 bits per heavy atom. The lowest BCUT2D eigenvalue weighted by molar-refractivity contribution is -0.138. The minimum absolute atomic E-state index is 0.0184. The van der Waals surface area contributed by atoms with Gasteiger partial charge in [0.25, 0.3) is 10.0 Å². The molecule has 1 unspecified atom stereocenters. The van der Waals surface area contributed by atoms with E-state index in [0.29, 0.717) is 11.7 Å². The van der Waals surface area contributed by atoms with E-state index in [1.165, 1.54) is 12.1 Å². The third-order valence-electron chi connectivity index (χ3n) is 4.15. The average Bonchev–Trinajstić information content (AvgIpc) is 2.68. The molecule has 3 rings (SSSR count). The van der Waals surface area contributed by atoms with E-state index in [4.69, 9.17) is 0 Å². The van der Waals surface area contributed by atoms with E-state index in [-0.39, 0.29) is 10.6 Å². The summed E-state index contributed by atoms with van der Waals surface area (Å²) in [6, 6.07) is 18.5. The summed E-state index contributed by atoms with van der Waals surface area (Å²) in [5.41, 5.74) is 0.260. The maximum atomic E-state index is 13.3. The fraction of sp³-hybridized carbons (Fsp3) is 0.100. The highest BCUT2D eigenvalue weighted by Crippen LogP contribution is 2.33. The van der Waals surface area contributed by atoms with Crippen LogP contribution in [0.25, 0.3) is 10.8 Å². The summed E-state index contributed by atoms with van der Waals surface area (Å²) < 4.78 is 27.6. The van der Waals surface area contributed by atoms with Crippen LogP contribution in [0.5, 0.6) is 0 Å². The van der Waals surface area contributed by atoms with Gasteiger partial charge in [0, 0.05) is 5.39 Å². The third kappa shape index (κ3) is 3.68. The number of carboxylic acid groups (broad SMARTS) is 1. The molecule has 0 heterocycles. The molecule has 0 aliphatic rings. The summed E-state index contributed by atoms with van der Waals surface area (Å²) >= 11 is 0. The van der Waals surface area contributed by atoms with Crippen molar-refractivity contribution >= 4 is 38.7 Å². The van der Waals surface area contributed by atoms with Crippen LogP contribution in [0.15, 0.2) is 77.7 Å². The van der Waals surface area contributed by atoms with Crippen molar-refractivity contribution in [1.82, 2.24) is 0 Å². The van der Waals surface area contributed by atoms with E-state index in [2.05, 4.69) is 0 Å². The number of sulfonamides is 1. The summed E-state index contributed by atoms with van der Waals surface area (Å²) in [5.74, 6) is -1.26. The highest BCUT2D eigenvalue weighted by Gasteiger charge is 2.34. The van der Waals surface area contributed by atoms with Gasteiger partial charge in [0.2, 0.25) is 0 Å². The fourth-order valence-electron chi connectivity index (χ4n) is 2.96. The Kier molecular flexibility index (Phi) is 5.23. The van der Waals surface area contributed by atoms with E-state index >= 15 is 0 Å². The third-order valence-corrected chi connectivity index (χ3v) is 6.00. The largest absolute Gasteiger partial charge is 0.481 e. The molecule has 0 spiro atoms. The zero-order valence-electron chi connectivity index (χ0n) is 14.2. The zero-order chi connectivity index (χ0) is 19.4. The summed E-state index contributed by atoms with van der Waals surface area (Å²) in [6.07, 6.45) is -0.283. The number of anilines is 1. The van der Waals surface area contributed by atoms with Gasteiger partial charge in [-0.3, -0.25) is 9.10 Å². The van der Waals surface area contributed by atoms with Crippen molar-refractivity contribution in [3.05, 3.63) is 72.8 Å². The van der Waals surface area contributed by atoms with Crippen molar-refractivity contribution in [2.45, 2.75) is 17.4 Å². The molecule has 138 valence electrons. The topological polar surface area (TPSA) is 91.8 Å². The second kappa shape index (κ2) is 7.59. The summed E-state index contributed by atoms with van der Waals surface area (Å²) in [4.78, 5) is 22.9. The van der Waals surface area contributed by atoms with Crippen molar-refractivity contribution in [1.29, 1.82) is 0 Å². The van der Waals surface area contributed by atoms with E-state index < -0.39 is 28.5 Å². The number of hydrogen-bond acceptors (Lipinski definition) is 4. The zero-order valence-corrected chi connectivity index (χ0v) is 15.0. The molecule has 7 heteroatoms. The van der Waals surface area contributed by atoms with Crippen LogP contribution in [0.1, 0.15) is 6.42 Å². The quantitative estimate of drug-likeness (QED) is 0.633. The molecule has 3 aromatic rings. The summed E-state index contributed by atoms with van der Waals surface area (Å²) in [7, 11) is -4.16. The Labute approximate surface area is 156 Å². The molecular weight excluding hydrogens is 366 g/mol. The molecule has 3 aromatic carbocycles. The normalized spacial score (nSPS) is 12.4. The number of rotatable bonds is 7. The number of hydrogen-bond donors (Lipinski definition) is 1. The Bertz CT molecular complexity index is 1070. The summed E-state index contributed by atoms with van der Waals surface area (Å²) in [6.45, 7) is 0. The molecule has 27 heavy (non-hydrogen) atoms. The van der Waals surface area contributed by atoms with Crippen LogP contribution in [0, 0.1) is 0 Å². The molecule has 0 saturated carbocycles. The Morgan fingerprint density at radius 3 is 2.26 bits per heavy atom. The molecule has 0 aliphatic heterocycles. The average molecular weight is 383 g/mol. The lowest BCUT2D eigenvalue weighted by Gasteiger charge is -2.29. The number of nitrogens with zero attached hydrogens (tertiary/aromatic N) is 1. The second-order valence-electron chi connectivity index (χ2n) is 5.91. The van der Waals surface area contributed by atoms with Gasteiger partial charge in [-0.25, -0.2) is 8.42 Å². The SMILES string of the molecule is O=CC(CC(=O)O)N(c1cccc2ccccc12)S(=O)(=O)c1ccccc1. The fourth-order valence-corrected chi connectivity index (χ4v) is 4.59. The molecule has 0 saturated heterocycles. The molecule has 0 bridgehead atoms. The van der Waals surface area contributed by atoms with Gasteiger partial charge in [0.15, 0.2) is 0 Å². The molecule has 1 atom stereocenters. The maximum Gasteiger partial charge on any atom is 0.305 e. The molecule has 1 N–H and O–H groups in total. The first-order valence-electron chi connectivity index (χ1n) is 8.19. The van der Waals surface area contributed by atoms with Gasteiger partial charge in [-0.05, 0) is 23.6 Å². The van der Waals surface area contributed by atoms with Crippen molar-refractivity contribution in [2.75, 3.05) is 4.31 Å². The maximum absolute atomic E-state index is 13.3. The van der Waals surface area contributed by atoms with E-state index in [0.717, 1.165) is 9.69 Å². The molecule has 0 amide bonds. The van der Waals surface area contributed by atoms with Crippen molar-refractivity contribution < 1.29 is 23.1 Å². The first-order valence-corrected chi connectivity index (χ1v) is 9.63. The van der Waals surface area contributed by atoms with Crippen molar-refractivity contribution in [3.63, 3.8) is 0 Å². The van der Waals surface area contributed by atoms with Gasteiger partial charge in [0.05, 0.1) is 17.0 Å². The van der Waals surface area contributed by atoms with Crippen LogP contribution < -0.4 is 4.31 Å². The number of carbonyl (C=O) groups is 2. The van der Waals surface area contributed by atoms with Gasteiger partial charge in [-0.1, -0.05) is 54.6 Å². The Hall–Kier alpha value is -3.19. The Morgan fingerprint density at radius 2 is 1.59 bits per heavy atom. The van der Waals surface area contributed by atoms with Gasteiger partial charge in [-0.15, -0.1) is 0 Å². The van der Waals surface area contributed by atoms with E-state index in [9.17, 15) is 23.1 Å². The van der Waals surface area contributed by atoms with Crippen LogP contribution in [-0.2, 0) is 19.6 Å². The van der Waals surface area contributed by atoms with Crippen molar-refractivity contribution in [2.24, 2.45) is 0 Å². The number of carboxylic acids is 1. The van der Waals surface area contributed by atoms with Gasteiger partial charge in [-0.2, -0.15) is 0 Å². The lowest BCUT2D eigenvalue weighted by atomic mass is 10.1. The number of fused-ring (bicyclic) bond motifs is 1. The summed E-state index contributed by atoms with van der Waals surface area (Å²) in [5, 5.41) is 10.6. The predicted molar refractivity (Wildman–Crippen MR) is 102 cm³/mol. The molecule has 0 fully saturated rings. The van der Waals surface area contributed by atoms with Crippen LogP contribution >= 0.6 is 0 Å².